The van der Waals surface area contributed by atoms with Crippen LogP contribution in [0.3, 0.4) is 0 Å². The van der Waals surface area contributed by atoms with Crippen LogP contribution < -0.4 is 14.5 Å². The minimum atomic E-state index is -0.393. The molecule has 10 heteroatoms. The van der Waals surface area contributed by atoms with Crippen molar-refractivity contribution in [3.05, 3.63) is 71.2 Å². The molecule has 4 aliphatic rings. The quantitative estimate of drug-likeness (QED) is 0.371. The zero-order chi connectivity index (χ0) is 30.4. The largest absolute Gasteiger partial charge is 0.420 e. The van der Waals surface area contributed by atoms with Crippen molar-refractivity contribution in [1.29, 1.82) is 0 Å². The van der Waals surface area contributed by atoms with E-state index in [1.165, 1.54) is 16.9 Å². The number of anilines is 2. The van der Waals surface area contributed by atoms with Crippen molar-refractivity contribution in [3.63, 3.8) is 0 Å². The molecular formula is C34H41N5O4S. The molecule has 1 aliphatic carbocycles. The fourth-order valence-corrected chi connectivity index (χ4v) is 7.45. The smallest absolute Gasteiger partial charge is 0.399 e. The van der Waals surface area contributed by atoms with Gasteiger partial charge in [0.25, 0.3) is 5.91 Å². The number of hydrogen-bond donors (Lipinski definition) is 0. The summed E-state index contributed by atoms with van der Waals surface area (Å²) >= 11 is 1.40. The number of ether oxygens (including phenoxy) is 2. The third-order valence-corrected chi connectivity index (χ3v) is 10.5. The molecule has 2 atom stereocenters. The Kier molecular flexibility index (Phi) is 7.84. The number of hydrogen-bond acceptors (Lipinski definition) is 8. The van der Waals surface area contributed by atoms with Crippen molar-refractivity contribution in [1.82, 2.24) is 14.8 Å². The highest BCUT2D eigenvalue weighted by molar-refractivity contribution is 7.11. The summed E-state index contributed by atoms with van der Waals surface area (Å²) in [6.07, 6.45) is 1.40. The fourth-order valence-electron chi connectivity index (χ4n) is 6.88. The van der Waals surface area contributed by atoms with Gasteiger partial charge in [-0.3, -0.25) is 14.6 Å². The summed E-state index contributed by atoms with van der Waals surface area (Å²) in [7, 11) is 0. The number of rotatable bonds is 7. The molecule has 4 fully saturated rings. The maximum Gasteiger partial charge on any atom is 0.420 e. The summed E-state index contributed by atoms with van der Waals surface area (Å²) < 4.78 is 11.2. The van der Waals surface area contributed by atoms with E-state index in [0.29, 0.717) is 35.4 Å². The van der Waals surface area contributed by atoms with E-state index in [2.05, 4.69) is 42.7 Å². The molecule has 0 radical (unpaired) electrons. The van der Waals surface area contributed by atoms with Gasteiger partial charge in [0.05, 0.1) is 25.1 Å². The van der Waals surface area contributed by atoms with Crippen molar-refractivity contribution in [2.24, 2.45) is 17.8 Å². The average Bonchev–Trinajstić information content (AvgIpc) is 3.35. The Balaban J connectivity index is 0.985. The van der Waals surface area contributed by atoms with Crippen LogP contribution in [-0.2, 0) is 10.2 Å². The molecule has 232 valence electrons. The molecule has 5 heterocycles. The SMILES string of the molecule is CC(C)(C)c1ccc(C(=O)N2CC3C(C2)C3CN(C(=O)Oc2cccs2)c2ccc(N3CC(N4CCOCC4)C3)nc2)cc1. The fraction of sp³-hybridized carbons (Fsp3) is 0.500. The zero-order valence-corrected chi connectivity index (χ0v) is 26.5. The molecule has 2 aromatic heterocycles. The highest BCUT2D eigenvalue weighted by Gasteiger charge is 2.57. The Morgan fingerprint density at radius 3 is 2.34 bits per heavy atom. The molecular weight excluding hydrogens is 574 g/mol. The maximum absolute atomic E-state index is 13.4. The van der Waals surface area contributed by atoms with Crippen LogP contribution in [0.5, 0.6) is 5.06 Å². The first-order valence-electron chi connectivity index (χ1n) is 15.7. The number of aromatic nitrogens is 1. The summed E-state index contributed by atoms with van der Waals surface area (Å²) in [4.78, 5) is 39.9. The maximum atomic E-state index is 13.4. The second-order valence-corrected chi connectivity index (χ2v) is 14.4. The molecule has 3 saturated heterocycles. The third-order valence-electron chi connectivity index (χ3n) is 9.75. The molecule has 9 nitrogen and oxygen atoms in total. The standard InChI is InChI=1S/C34H41N5O4S/c1-34(2,3)24-8-6-23(7-9-24)32(40)38-20-27-28(21-38)29(27)22-39(33(41)43-31-5-4-16-44-31)25-10-11-30(35-17-25)37-18-26(19-37)36-12-14-42-15-13-36/h4-11,16-17,26-29H,12-15,18-22H2,1-3H3. The van der Waals surface area contributed by atoms with E-state index in [4.69, 9.17) is 14.5 Å². The number of thiophene rings is 1. The normalized spacial score (nSPS) is 23.7. The summed E-state index contributed by atoms with van der Waals surface area (Å²) in [5, 5.41) is 2.47. The van der Waals surface area contributed by atoms with Gasteiger partial charge in [-0.25, -0.2) is 9.78 Å². The van der Waals surface area contributed by atoms with Crippen LogP contribution >= 0.6 is 11.3 Å². The van der Waals surface area contributed by atoms with Crippen LogP contribution in [0.15, 0.2) is 60.1 Å². The minimum Gasteiger partial charge on any atom is -0.399 e. The van der Waals surface area contributed by atoms with Gasteiger partial charge < -0.3 is 19.3 Å². The number of pyridine rings is 1. The number of carbonyl (C=O) groups excluding carboxylic acids is 2. The number of fused-ring (bicyclic) bond motifs is 1. The lowest BCUT2D eigenvalue weighted by Gasteiger charge is -2.47. The molecule has 44 heavy (non-hydrogen) atoms. The Morgan fingerprint density at radius 2 is 1.73 bits per heavy atom. The van der Waals surface area contributed by atoms with Crippen LogP contribution in [0.25, 0.3) is 0 Å². The first-order valence-corrected chi connectivity index (χ1v) is 16.6. The number of benzene rings is 1. The predicted molar refractivity (Wildman–Crippen MR) is 172 cm³/mol. The zero-order valence-electron chi connectivity index (χ0n) is 25.7. The summed E-state index contributed by atoms with van der Waals surface area (Å²) in [6.45, 7) is 14.0. The van der Waals surface area contributed by atoms with E-state index in [1.807, 2.05) is 40.6 Å². The molecule has 2 amide bonds. The highest BCUT2D eigenvalue weighted by Crippen LogP contribution is 2.52. The van der Waals surface area contributed by atoms with Crippen molar-refractivity contribution < 1.29 is 19.1 Å². The number of likely N-dealkylation sites (tertiary alicyclic amines) is 1. The van der Waals surface area contributed by atoms with E-state index >= 15 is 0 Å². The molecule has 3 aliphatic heterocycles. The second-order valence-electron chi connectivity index (χ2n) is 13.5. The van der Waals surface area contributed by atoms with Crippen molar-refractivity contribution in [2.75, 3.05) is 68.8 Å². The van der Waals surface area contributed by atoms with E-state index in [9.17, 15) is 9.59 Å². The predicted octanol–water partition coefficient (Wildman–Crippen LogP) is 4.99. The van der Waals surface area contributed by atoms with Gasteiger partial charge in [-0.15, -0.1) is 11.3 Å². The van der Waals surface area contributed by atoms with Gasteiger partial charge in [0.15, 0.2) is 5.06 Å². The summed E-state index contributed by atoms with van der Waals surface area (Å²) in [6, 6.07) is 16.2. The molecule has 0 N–H and O–H groups in total. The molecule has 0 spiro atoms. The van der Waals surface area contributed by atoms with Crippen molar-refractivity contribution in [3.8, 4) is 5.06 Å². The number of amides is 2. The summed E-state index contributed by atoms with van der Waals surface area (Å²) in [5.74, 6) is 2.11. The van der Waals surface area contributed by atoms with Gasteiger partial charge in [0.2, 0.25) is 0 Å². The molecule has 1 aromatic carbocycles. The van der Waals surface area contributed by atoms with Crippen LogP contribution in [0, 0.1) is 17.8 Å². The third kappa shape index (κ3) is 5.95. The molecule has 0 bridgehead atoms. The van der Waals surface area contributed by atoms with Crippen LogP contribution in [-0.4, -0.2) is 91.9 Å². The molecule has 3 aromatic rings. The second kappa shape index (κ2) is 11.8. The topological polar surface area (TPSA) is 78.5 Å². The Bertz CT molecular complexity index is 1450. The minimum absolute atomic E-state index is 0.0530. The molecule has 1 saturated carbocycles. The number of piperidine rings is 1. The Hall–Kier alpha value is -3.47. The van der Waals surface area contributed by atoms with E-state index in [-0.39, 0.29) is 11.3 Å². The number of carbonyl (C=O) groups is 2. The Morgan fingerprint density at radius 1 is 1.00 bits per heavy atom. The monoisotopic (exact) mass is 615 g/mol. The number of nitrogens with zero attached hydrogens (tertiary/aromatic N) is 5. The van der Waals surface area contributed by atoms with Gasteiger partial charge >= 0.3 is 6.09 Å². The van der Waals surface area contributed by atoms with E-state index in [0.717, 1.165) is 69.6 Å². The van der Waals surface area contributed by atoms with Gasteiger partial charge in [-0.1, -0.05) is 32.9 Å². The first-order chi connectivity index (χ1) is 21.2. The summed E-state index contributed by atoms with van der Waals surface area (Å²) in [5.41, 5.74) is 2.74. The van der Waals surface area contributed by atoms with Crippen LogP contribution in [0.2, 0.25) is 0 Å². The van der Waals surface area contributed by atoms with Gasteiger partial charge in [0, 0.05) is 57.4 Å². The van der Waals surface area contributed by atoms with Gasteiger partial charge in [0.1, 0.15) is 5.82 Å². The molecule has 7 rings (SSSR count). The van der Waals surface area contributed by atoms with Crippen molar-refractivity contribution in [2.45, 2.75) is 32.2 Å². The van der Waals surface area contributed by atoms with E-state index < -0.39 is 6.09 Å². The first kappa shape index (κ1) is 29.3. The lowest BCUT2D eigenvalue weighted by molar-refractivity contribution is 0.0104. The lowest BCUT2D eigenvalue weighted by atomic mass is 9.86. The van der Waals surface area contributed by atoms with Crippen LogP contribution in [0.1, 0.15) is 36.7 Å². The number of morpholine rings is 1. The van der Waals surface area contributed by atoms with Crippen molar-refractivity contribution >= 4 is 34.8 Å². The highest BCUT2D eigenvalue weighted by atomic mass is 32.1. The Labute approximate surface area is 263 Å². The molecule has 2 unspecified atom stereocenters. The lowest BCUT2D eigenvalue weighted by Crippen LogP contribution is -2.61. The van der Waals surface area contributed by atoms with E-state index in [1.54, 1.807) is 17.2 Å². The van der Waals surface area contributed by atoms with Crippen LogP contribution in [0.4, 0.5) is 16.3 Å². The van der Waals surface area contributed by atoms with Gasteiger partial charge in [-0.2, -0.15) is 0 Å². The average molecular weight is 616 g/mol. The van der Waals surface area contributed by atoms with Gasteiger partial charge in [-0.05, 0) is 70.5 Å².